The number of nitrogens with zero attached hydrogens (tertiary/aromatic N) is 2. The lowest BCUT2D eigenvalue weighted by Crippen LogP contribution is -2.34. The monoisotopic (exact) mass is 394 g/mol. The van der Waals surface area contributed by atoms with Crippen molar-refractivity contribution in [2.45, 2.75) is 51.6 Å². The minimum Gasteiger partial charge on any atom is -0.390 e. The number of hydrogen-bond acceptors (Lipinski definition) is 3. The van der Waals surface area contributed by atoms with Crippen LogP contribution >= 0.6 is 0 Å². The fraction of sp³-hybridized carbons (Fsp3) is 0.417. The van der Waals surface area contributed by atoms with Crippen LogP contribution in [0.5, 0.6) is 0 Å². The van der Waals surface area contributed by atoms with Crippen molar-refractivity contribution in [3.8, 4) is 5.69 Å². The number of fused-ring (bicyclic) bond motifs is 1. The molecule has 3 aromatic rings. The van der Waals surface area contributed by atoms with Gasteiger partial charge >= 0.3 is 0 Å². The van der Waals surface area contributed by atoms with Crippen molar-refractivity contribution in [2.24, 2.45) is 11.8 Å². The van der Waals surface area contributed by atoms with Gasteiger partial charge in [-0.3, -0.25) is 4.79 Å². The third kappa shape index (κ3) is 4.10. The number of aromatic nitrogens is 2. The van der Waals surface area contributed by atoms with E-state index >= 15 is 0 Å². The molecule has 29 heavy (non-hydrogen) atoms. The van der Waals surface area contributed by atoms with Gasteiger partial charge in [-0.1, -0.05) is 0 Å². The Morgan fingerprint density at radius 1 is 1.14 bits per heavy atom. The SMILES string of the molecule is CC(C)(O)[C@H]1CC[C@H](Cc2cn(-c3ccc(F)cc3)c3ncccc3c2=O)CC1. The maximum Gasteiger partial charge on any atom is 0.194 e. The van der Waals surface area contributed by atoms with E-state index in [4.69, 9.17) is 0 Å². The molecule has 4 rings (SSSR count). The summed E-state index contributed by atoms with van der Waals surface area (Å²) in [7, 11) is 0. The summed E-state index contributed by atoms with van der Waals surface area (Å²) in [5, 5.41) is 10.9. The third-order valence-corrected chi connectivity index (χ3v) is 6.30. The van der Waals surface area contributed by atoms with Gasteiger partial charge in [-0.2, -0.15) is 0 Å². The van der Waals surface area contributed by atoms with Crippen LogP contribution in [0.25, 0.3) is 16.7 Å². The number of hydrogen-bond donors (Lipinski definition) is 1. The summed E-state index contributed by atoms with van der Waals surface area (Å²) >= 11 is 0. The second kappa shape index (κ2) is 7.71. The van der Waals surface area contributed by atoms with Crippen LogP contribution in [-0.2, 0) is 6.42 Å². The van der Waals surface area contributed by atoms with E-state index in [0.29, 0.717) is 29.3 Å². The number of aliphatic hydroxyl groups is 1. The van der Waals surface area contributed by atoms with E-state index < -0.39 is 5.60 Å². The van der Waals surface area contributed by atoms with Crippen LogP contribution in [0.2, 0.25) is 0 Å². The summed E-state index contributed by atoms with van der Waals surface area (Å²) in [6.45, 7) is 3.77. The molecular weight excluding hydrogens is 367 g/mol. The molecule has 1 aliphatic rings. The second-order valence-electron chi connectivity index (χ2n) is 8.78. The average Bonchev–Trinajstić information content (AvgIpc) is 2.71. The first-order chi connectivity index (χ1) is 13.8. The van der Waals surface area contributed by atoms with E-state index in [-0.39, 0.29) is 11.2 Å². The molecule has 0 spiro atoms. The van der Waals surface area contributed by atoms with Crippen molar-refractivity contribution >= 4 is 11.0 Å². The molecule has 0 unspecified atom stereocenters. The molecule has 0 bridgehead atoms. The van der Waals surface area contributed by atoms with E-state index in [9.17, 15) is 14.3 Å². The fourth-order valence-corrected chi connectivity index (χ4v) is 4.54. The van der Waals surface area contributed by atoms with Crippen LogP contribution < -0.4 is 5.43 Å². The molecule has 1 fully saturated rings. The Hall–Kier alpha value is -2.53. The molecule has 1 N–H and O–H groups in total. The van der Waals surface area contributed by atoms with Gasteiger partial charge in [-0.05, 0) is 94.2 Å². The van der Waals surface area contributed by atoms with Crippen molar-refractivity contribution < 1.29 is 9.50 Å². The van der Waals surface area contributed by atoms with Gasteiger partial charge in [0.15, 0.2) is 5.43 Å². The summed E-state index contributed by atoms with van der Waals surface area (Å²) in [6, 6.07) is 9.81. The highest BCUT2D eigenvalue weighted by Crippen LogP contribution is 2.36. The summed E-state index contributed by atoms with van der Waals surface area (Å²) < 4.78 is 15.3. The van der Waals surface area contributed by atoms with Crippen LogP contribution in [0, 0.1) is 17.7 Å². The Bertz CT molecular complexity index is 1060. The lowest BCUT2D eigenvalue weighted by Gasteiger charge is -2.35. The van der Waals surface area contributed by atoms with Gasteiger partial charge < -0.3 is 9.67 Å². The van der Waals surface area contributed by atoms with E-state index in [1.807, 2.05) is 24.6 Å². The average molecular weight is 394 g/mol. The number of halogens is 1. The van der Waals surface area contributed by atoms with Crippen molar-refractivity contribution in [1.29, 1.82) is 0 Å². The summed E-state index contributed by atoms with van der Waals surface area (Å²) in [6.07, 6.45) is 8.23. The first kappa shape index (κ1) is 19.8. The lowest BCUT2D eigenvalue weighted by molar-refractivity contribution is -0.00579. The Morgan fingerprint density at radius 3 is 2.48 bits per heavy atom. The zero-order chi connectivity index (χ0) is 20.6. The van der Waals surface area contributed by atoms with Gasteiger partial charge in [-0.25, -0.2) is 9.37 Å². The minimum atomic E-state index is -0.644. The maximum absolute atomic E-state index is 13.4. The summed E-state index contributed by atoms with van der Waals surface area (Å²) in [5.41, 5.74) is 1.51. The van der Waals surface area contributed by atoms with Crippen LogP contribution in [0.15, 0.2) is 53.6 Å². The lowest BCUT2D eigenvalue weighted by atomic mass is 9.73. The number of pyridine rings is 2. The quantitative estimate of drug-likeness (QED) is 0.701. The first-order valence-electron chi connectivity index (χ1n) is 10.3. The molecular formula is C24H27FN2O2. The maximum atomic E-state index is 13.4. The first-order valence-corrected chi connectivity index (χ1v) is 10.3. The molecule has 2 heterocycles. The second-order valence-corrected chi connectivity index (χ2v) is 8.78. The van der Waals surface area contributed by atoms with Crippen LogP contribution in [0.3, 0.4) is 0 Å². The molecule has 0 amide bonds. The zero-order valence-corrected chi connectivity index (χ0v) is 16.9. The molecule has 4 nitrogen and oxygen atoms in total. The van der Waals surface area contributed by atoms with Crippen LogP contribution in [0.1, 0.15) is 45.1 Å². The highest BCUT2D eigenvalue weighted by Gasteiger charge is 2.31. The highest BCUT2D eigenvalue weighted by atomic mass is 19.1. The third-order valence-electron chi connectivity index (χ3n) is 6.30. The van der Waals surface area contributed by atoms with Gasteiger partial charge in [-0.15, -0.1) is 0 Å². The van der Waals surface area contributed by atoms with Gasteiger partial charge in [0.05, 0.1) is 11.0 Å². The van der Waals surface area contributed by atoms with Crippen LogP contribution in [-0.4, -0.2) is 20.3 Å². The number of benzene rings is 1. The van der Waals surface area contributed by atoms with Crippen LogP contribution in [0.4, 0.5) is 4.39 Å². The molecule has 1 saturated carbocycles. The van der Waals surface area contributed by atoms with Crippen molar-refractivity contribution in [2.75, 3.05) is 0 Å². The summed E-state index contributed by atoms with van der Waals surface area (Å²) in [5.74, 6) is 0.448. The minimum absolute atomic E-state index is 0.0241. The Labute approximate surface area is 170 Å². The Kier molecular flexibility index (Phi) is 5.26. The molecule has 152 valence electrons. The van der Waals surface area contributed by atoms with Gasteiger partial charge in [0.1, 0.15) is 11.5 Å². The summed E-state index contributed by atoms with van der Waals surface area (Å²) in [4.78, 5) is 17.5. The topological polar surface area (TPSA) is 55.1 Å². The van der Waals surface area contributed by atoms with E-state index in [2.05, 4.69) is 4.98 Å². The van der Waals surface area contributed by atoms with E-state index in [0.717, 1.165) is 36.9 Å². The molecule has 0 saturated heterocycles. The Morgan fingerprint density at radius 2 is 1.83 bits per heavy atom. The molecule has 5 heteroatoms. The molecule has 2 aromatic heterocycles. The standard InChI is InChI=1S/C24H27FN2O2/c1-24(2,29)18-7-5-16(6-8-18)14-17-15-27(20-11-9-19(25)10-12-20)23-21(22(17)28)4-3-13-26-23/h3-4,9-13,15-16,18,29H,5-8,14H2,1-2H3/t16-,18-. The fourth-order valence-electron chi connectivity index (χ4n) is 4.54. The number of rotatable bonds is 4. The van der Waals surface area contributed by atoms with Gasteiger partial charge in [0, 0.05) is 23.6 Å². The van der Waals surface area contributed by atoms with E-state index in [1.54, 1.807) is 30.5 Å². The molecule has 0 aliphatic heterocycles. The Balaban J connectivity index is 1.68. The smallest absolute Gasteiger partial charge is 0.194 e. The predicted octanol–water partition coefficient (Wildman–Crippen LogP) is 4.64. The van der Waals surface area contributed by atoms with Crippen molar-refractivity contribution in [1.82, 2.24) is 9.55 Å². The molecule has 1 aliphatic carbocycles. The molecule has 0 radical (unpaired) electrons. The van der Waals surface area contributed by atoms with Crippen molar-refractivity contribution in [3.63, 3.8) is 0 Å². The zero-order valence-electron chi connectivity index (χ0n) is 16.9. The van der Waals surface area contributed by atoms with E-state index in [1.165, 1.54) is 12.1 Å². The van der Waals surface area contributed by atoms with Gasteiger partial charge in [0.2, 0.25) is 0 Å². The van der Waals surface area contributed by atoms with Gasteiger partial charge in [0.25, 0.3) is 0 Å². The highest BCUT2D eigenvalue weighted by molar-refractivity contribution is 5.77. The molecule has 1 aromatic carbocycles. The molecule has 0 atom stereocenters. The normalized spacial score (nSPS) is 20.1. The largest absolute Gasteiger partial charge is 0.390 e. The predicted molar refractivity (Wildman–Crippen MR) is 113 cm³/mol. The van der Waals surface area contributed by atoms with Crippen molar-refractivity contribution in [3.05, 3.63) is 70.4 Å².